The van der Waals surface area contributed by atoms with Crippen LogP contribution < -0.4 is 5.32 Å². The second-order valence-electron chi connectivity index (χ2n) is 6.77. The number of carboxylic acid groups (broad SMARTS) is 1. The van der Waals surface area contributed by atoms with Gasteiger partial charge in [-0.15, -0.1) is 0 Å². The number of carbonyl (C=O) groups is 2. The van der Waals surface area contributed by atoms with Crippen molar-refractivity contribution in [1.82, 2.24) is 10.2 Å². The fraction of sp³-hybridized carbons (Fsp3) is 0.867. The van der Waals surface area contributed by atoms with Crippen molar-refractivity contribution in [3.8, 4) is 0 Å². The molecule has 0 aromatic carbocycles. The lowest BCUT2D eigenvalue weighted by atomic mass is 9.84. The van der Waals surface area contributed by atoms with E-state index in [9.17, 15) is 14.7 Å². The summed E-state index contributed by atoms with van der Waals surface area (Å²) < 4.78 is 0. The van der Waals surface area contributed by atoms with Gasteiger partial charge in [0.1, 0.15) is 0 Å². The molecule has 0 aromatic rings. The number of rotatable bonds is 4. The van der Waals surface area contributed by atoms with Crippen LogP contribution in [0.1, 0.15) is 40.0 Å². The van der Waals surface area contributed by atoms with Gasteiger partial charge in [0.05, 0.1) is 5.92 Å². The van der Waals surface area contributed by atoms with Crippen LogP contribution >= 0.6 is 0 Å². The Bertz CT molecular complexity index is 397. The van der Waals surface area contributed by atoms with E-state index < -0.39 is 11.9 Å². The first-order chi connectivity index (χ1) is 9.32. The van der Waals surface area contributed by atoms with E-state index in [1.807, 2.05) is 6.92 Å². The van der Waals surface area contributed by atoms with Gasteiger partial charge in [0.25, 0.3) is 0 Å². The zero-order valence-electron chi connectivity index (χ0n) is 12.8. The zero-order valence-corrected chi connectivity index (χ0v) is 12.8. The topological polar surface area (TPSA) is 69.6 Å². The van der Waals surface area contributed by atoms with E-state index >= 15 is 0 Å². The van der Waals surface area contributed by atoms with Gasteiger partial charge in [-0.25, -0.2) is 4.79 Å². The highest BCUT2D eigenvalue weighted by Gasteiger charge is 2.51. The normalized spacial score (nSPS) is 33.2. The maximum atomic E-state index is 12.3. The number of carboxylic acids is 1. The third-order valence-electron chi connectivity index (χ3n) is 5.39. The summed E-state index contributed by atoms with van der Waals surface area (Å²) in [7, 11) is 1.78. The Morgan fingerprint density at radius 2 is 1.80 bits per heavy atom. The highest BCUT2D eigenvalue weighted by atomic mass is 16.4. The van der Waals surface area contributed by atoms with E-state index in [2.05, 4.69) is 19.2 Å². The molecule has 0 saturated heterocycles. The van der Waals surface area contributed by atoms with Crippen molar-refractivity contribution in [2.45, 2.75) is 52.1 Å². The van der Waals surface area contributed by atoms with Crippen LogP contribution in [0.5, 0.6) is 0 Å². The first kappa shape index (κ1) is 15.1. The number of fused-ring (bicyclic) bond motifs is 2. The number of hydrogen-bond acceptors (Lipinski definition) is 2. The predicted octanol–water partition coefficient (Wildman–Crippen LogP) is 2.17. The van der Waals surface area contributed by atoms with Gasteiger partial charge in [-0.2, -0.15) is 0 Å². The van der Waals surface area contributed by atoms with Crippen molar-refractivity contribution in [2.75, 3.05) is 7.05 Å². The number of carbonyl (C=O) groups excluding carboxylic acids is 1. The number of hydrogen-bond donors (Lipinski definition) is 2. The van der Waals surface area contributed by atoms with Crippen LogP contribution in [-0.2, 0) is 4.79 Å². The van der Waals surface area contributed by atoms with Gasteiger partial charge in [-0.1, -0.05) is 13.8 Å². The quantitative estimate of drug-likeness (QED) is 0.830. The van der Waals surface area contributed by atoms with Crippen molar-refractivity contribution in [3.63, 3.8) is 0 Å². The molecule has 20 heavy (non-hydrogen) atoms. The number of urea groups is 1. The number of aliphatic carboxylic acids is 1. The van der Waals surface area contributed by atoms with Crippen molar-refractivity contribution >= 4 is 12.0 Å². The van der Waals surface area contributed by atoms with Crippen LogP contribution in [0.2, 0.25) is 0 Å². The molecule has 0 radical (unpaired) electrons. The SMILES string of the molecule is CC(C)C(C)N(C)C(=O)NC1C2CCC(C2)C1C(=O)O. The maximum Gasteiger partial charge on any atom is 0.317 e. The van der Waals surface area contributed by atoms with Crippen molar-refractivity contribution in [3.05, 3.63) is 0 Å². The number of nitrogens with zero attached hydrogens (tertiary/aromatic N) is 1. The molecule has 2 fully saturated rings. The van der Waals surface area contributed by atoms with Crippen molar-refractivity contribution in [2.24, 2.45) is 23.7 Å². The van der Waals surface area contributed by atoms with Gasteiger partial charge in [0, 0.05) is 19.1 Å². The Balaban J connectivity index is 2.02. The number of amides is 2. The van der Waals surface area contributed by atoms with Gasteiger partial charge >= 0.3 is 12.0 Å². The second kappa shape index (κ2) is 5.62. The molecule has 0 aromatic heterocycles. The second-order valence-corrected chi connectivity index (χ2v) is 6.77. The Hall–Kier alpha value is -1.26. The molecule has 0 aliphatic heterocycles. The molecule has 114 valence electrons. The standard InChI is InChI=1S/C15H26N2O3/c1-8(2)9(3)17(4)15(20)16-13-11-6-5-10(7-11)12(13)14(18)19/h8-13H,5-7H2,1-4H3,(H,16,20)(H,18,19). The molecule has 5 nitrogen and oxygen atoms in total. The first-order valence-electron chi connectivity index (χ1n) is 7.59. The van der Waals surface area contributed by atoms with E-state index in [-0.39, 0.29) is 24.0 Å². The molecule has 5 atom stereocenters. The van der Waals surface area contributed by atoms with E-state index in [0.29, 0.717) is 11.8 Å². The summed E-state index contributed by atoms with van der Waals surface area (Å²) in [4.78, 5) is 25.4. The van der Waals surface area contributed by atoms with Crippen LogP contribution in [0.15, 0.2) is 0 Å². The van der Waals surface area contributed by atoms with Crippen molar-refractivity contribution < 1.29 is 14.7 Å². The van der Waals surface area contributed by atoms with Crippen LogP contribution in [0, 0.1) is 23.7 Å². The Labute approximate surface area is 120 Å². The average molecular weight is 282 g/mol. The molecule has 2 rings (SSSR count). The summed E-state index contributed by atoms with van der Waals surface area (Å²) in [6.45, 7) is 6.16. The van der Waals surface area contributed by atoms with E-state index in [4.69, 9.17) is 0 Å². The predicted molar refractivity (Wildman–Crippen MR) is 76.3 cm³/mol. The first-order valence-corrected chi connectivity index (χ1v) is 7.59. The van der Waals surface area contributed by atoms with E-state index in [0.717, 1.165) is 19.3 Å². The zero-order chi connectivity index (χ0) is 15.0. The molecule has 2 aliphatic rings. The molecule has 2 aliphatic carbocycles. The van der Waals surface area contributed by atoms with Gasteiger partial charge < -0.3 is 15.3 Å². The molecule has 0 spiro atoms. The Kier molecular flexibility index (Phi) is 4.25. The fourth-order valence-corrected chi connectivity index (χ4v) is 3.73. The van der Waals surface area contributed by atoms with Gasteiger partial charge in [0.2, 0.25) is 0 Å². The van der Waals surface area contributed by atoms with Crippen molar-refractivity contribution in [1.29, 1.82) is 0 Å². The lowest BCUT2D eigenvalue weighted by molar-refractivity contribution is -0.144. The molecular formula is C15H26N2O3. The lowest BCUT2D eigenvalue weighted by Crippen LogP contribution is -2.52. The van der Waals surface area contributed by atoms with Crippen LogP contribution in [0.25, 0.3) is 0 Å². The van der Waals surface area contributed by atoms with Gasteiger partial charge in [0.15, 0.2) is 0 Å². The Morgan fingerprint density at radius 3 is 2.35 bits per heavy atom. The molecule has 0 heterocycles. The largest absolute Gasteiger partial charge is 0.481 e. The summed E-state index contributed by atoms with van der Waals surface area (Å²) >= 11 is 0. The third kappa shape index (κ3) is 2.63. The Morgan fingerprint density at radius 1 is 1.20 bits per heavy atom. The van der Waals surface area contributed by atoms with E-state index in [1.165, 1.54) is 0 Å². The minimum atomic E-state index is -0.762. The average Bonchev–Trinajstić information content (AvgIpc) is 2.97. The summed E-state index contributed by atoms with van der Waals surface area (Å²) in [5.41, 5.74) is 0. The molecule has 5 heteroatoms. The van der Waals surface area contributed by atoms with Gasteiger partial charge in [-0.3, -0.25) is 4.79 Å². The molecule has 2 N–H and O–H groups in total. The summed E-state index contributed by atoms with van der Waals surface area (Å²) in [6.07, 6.45) is 2.99. The summed E-state index contributed by atoms with van der Waals surface area (Å²) in [6, 6.07) is -0.201. The van der Waals surface area contributed by atoms with Crippen LogP contribution in [0.3, 0.4) is 0 Å². The number of nitrogens with one attached hydrogen (secondary N) is 1. The third-order valence-corrected chi connectivity index (χ3v) is 5.39. The van der Waals surface area contributed by atoms with Gasteiger partial charge in [-0.05, 0) is 43.9 Å². The van der Waals surface area contributed by atoms with Crippen LogP contribution in [-0.4, -0.2) is 41.1 Å². The smallest absolute Gasteiger partial charge is 0.317 e. The lowest BCUT2D eigenvalue weighted by Gasteiger charge is -2.33. The highest BCUT2D eigenvalue weighted by molar-refractivity contribution is 5.77. The molecule has 5 unspecified atom stereocenters. The molecule has 2 saturated carbocycles. The highest BCUT2D eigenvalue weighted by Crippen LogP contribution is 2.48. The monoisotopic (exact) mass is 282 g/mol. The molecule has 2 bridgehead atoms. The minimum absolute atomic E-state index is 0.136. The summed E-state index contributed by atoms with van der Waals surface area (Å²) in [5, 5.41) is 12.4. The molecular weight excluding hydrogens is 256 g/mol. The minimum Gasteiger partial charge on any atom is -0.481 e. The van der Waals surface area contributed by atoms with Crippen LogP contribution in [0.4, 0.5) is 4.79 Å². The maximum absolute atomic E-state index is 12.3. The summed E-state index contributed by atoms with van der Waals surface area (Å²) in [5.74, 6) is -0.202. The van der Waals surface area contributed by atoms with E-state index in [1.54, 1.807) is 11.9 Å². The fourth-order valence-electron chi connectivity index (χ4n) is 3.73. The molecule has 2 amide bonds.